The van der Waals surface area contributed by atoms with Crippen LogP contribution in [-0.2, 0) is 6.18 Å². The topological polar surface area (TPSA) is 17.1 Å². The molecule has 0 bridgehead atoms. The molecule has 1 rings (SSSR count). The van der Waals surface area contributed by atoms with Crippen LogP contribution in [0.5, 0.6) is 0 Å². The second-order valence-corrected chi connectivity index (χ2v) is 4.88. The highest BCUT2D eigenvalue weighted by Gasteiger charge is 2.34. The van der Waals surface area contributed by atoms with Gasteiger partial charge in [-0.2, -0.15) is 13.2 Å². The van der Waals surface area contributed by atoms with Crippen molar-refractivity contribution in [3.8, 4) is 0 Å². The molecule has 15 heavy (non-hydrogen) atoms. The standard InChI is InChI=1S/C9H5BrF3IO/c1-4(15)5-2-6(9(11,12)13)8(14)3-7(5)10/h2-3H,1H3. The van der Waals surface area contributed by atoms with Crippen molar-refractivity contribution in [1.29, 1.82) is 0 Å². The summed E-state index contributed by atoms with van der Waals surface area (Å²) in [6.07, 6.45) is -4.43. The molecule has 0 amide bonds. The van der Waals surface area contributed by atoms with E-state index in [1.165, 1.54) is 13.0 Å². The zero-order chi connectivity index (χ0) is 11.8. The molecule has 0 aromatic heterocycles. The number of ketones is 1. The molecule has 1 aromatic rings. The molecule has 0 spiro atoms. The van der Waals surface area contributed by atoms with Crippen molar-refractivity contribution in [3.63, 3.8) is 0 Å². The van der Waals surface area contributed by atoms with Gasteiger partial charge in [0.1, 0.15) is 0 Å². The Morgan fingerprint density at radius 2 is 1.93 bits per heavy atom. The van der Waals surface area contributed by atoms with E-state index >= 15 is 0 Å². The maximum Gasteiger partial charge on any atom is 0.417 e. The Balaban J connectivity index is 3.43. The van der Waals surface area contributed by atoms with Crippen molar-refractivity contribution in [3.05, 3.63) is 31.3 Å². The van der Waals surface area contributed by atoms with Gasteiger partial charge < -0.3 is 0 Å². The molecule has 1 aromatic carbocycles. The van der Waals surface area contributed by atoms with Gasteiger partial charge in [-0.15, -0.1) is 0 Å². The highest BCUT2D eigenvalue weighted by atomic mass is 127. The zero-order valence-electron chi connectivity index (χ0n) is 7.45. The van der Waals surface area contributed by atoms with E-state index in [-0.39, 0.29) is 9.13 Å². The fraction of sp³-hybridized carbons (Fsp3) is 0.222. The van der Waals surface area contributed by atoms with Crippen molar-refractivity contribution in [2.45, 2.75) is 13.1 Å². The van der Waals surface area contributed by atoms with E-state index in [1.807, 2.05) is 0 Å². The van der Waals surface area contributed by atoms with Gasteiger partial charge >= 0.3 is 6.18 Å². The molecule has 0 unspecified atom stereocenters. The molecule has 0 radical (unpaired) electrons. The number of carbonyl (C=O) groups excluding carboxylic acids is 1. The quantitative estimate of drug-likeness (QED) is 0.515. The van der Waals surface area contributed by atoms with E-state index in [4.69, 9.17) is 0 Å². The number of hydrogen-bond donors (Lipinski definition) is 0. The van der Waals surface area contributed by atoms with E-state index < -0.39 is 17.5 Å². The minimum Gasteiger partial charge on any atom is -0.294 e. The second kappa shape index (κ2) is 4.40. The molecule has 82 valence electrons. The van der Waals surface area contributed by atoms with Crippen molar-refractivity contribution in [2.75, 3.05) is 0 Å². The fourth-order valence-electron chi connectivity index (χ4n) is 1.04. The number of hydrogen-bond acceptors (Lipinski definition) is 1. The first-order chi connectivity index (χ1) is 6.73. The van der Waals surface area contributed by atoms with Crippen LogP contribution in [-0.4, -0.2) is 5.78 Å². The van der Waals surface area contributed by atoms with Crippen LogP contribution in [0, 0.1) is 3.57 Å². The van der Waals surface area contributed by atoms with Gasteiger partial charge in [-0.05, 0) is 41.6 Å². The summed E-state index contributed by atoms with van der Waals surface area (Å²) in [5.41, 5.74) is -0.737. The largest absolute Gasteiger partial charge is 0.417 e. The lowest BCUT2D eigenvalue weighted by Crippen LogP contribution is -2.09. The predicted molar refractivity (Wildman–Crippen MR) is 61.9 cm³/mol. The molecular formula is C9H5BrF3IO. The number of rotatable bonds is 1. The number of benzene rings is 1. The molecule has 0 saturated heterocycles. The molecule has 0 atom stereocenters. The monoisotopic (exact) mass is 392 g/mol. The van der Waals surface area contributed by atoms with Crippen LogP contribution in [0.4, 0.5) is 13.2 Å². The first-order valence-electron chi connectivity index (χ1n) is 3.80. The Morgan fingerprint density at radius 3 is 2.33 bits per heavy atom. The first-order valence-corrected chi connectivity index (χ1v) is 5.68. The normalized spacial score (nSPS) is 11.6. The Bertz CT molecular complexity index is 415. The van der Waals surface area contributed by atoms with Gasteiger partial charge in [0.25, 0.3) is 0 Å². The molecular weight excluding hydrogens is 388 g/mol. The van der Waals surface area contributed by atoms with E-state index in [0.29, 0.717) is 4.47 Å². The summed E-state index contributed by atoms with van der Waals surface area (Å²) in [7, 11) is 0. The summed E-state index contributed by atoms with van der Waals surface area (Å²) in [6, 6.07) is 2.16. The lowest BCUT2D eigenvalue weighted by Gasteiger charge is -2.11. The SMILES string of the molecule is CC(=O)c1cc(C(F)(F)F)c(I)cc1Br. The summed E-state index contributed by atoms with van der Waals surface area (Å²) >= 11 is 4.65. The average molecular weight is 393 g/mol. The highest BCUT2D eigenvalue weighted by molar-refractivity contribution is 14.1. The molecule has 6 heteroatoms. The van der Waals surface area contributed by atoms with Gasteiger partial charge in [0.15, 0.2) is 5.78 Å². The van der Waals surface area contributed by atoms with Gasteiger partial charge in [0, 0.05) is 13.6 Å². The summed E-state index contributed by atoms with van der Waals surface area (Å²) in [5, 5.41) is 0. The van der Waals surface area contributed by atoms with Gasteiger partial charge in [-0.3, -0.25) is 4.79 Å². The van der Waals surface area contributed by atoms with Gasteiger partial charge in [0.05, 0.1) is 5.56 Å². The Hall–Kier alpha value is -0.110. The van der Waals surface area contributed by atoms with Crippen molar-refractivity contribution < 1.29 is 18.0 Å². The Labute approximate surface area is 106 Å². The highest BCUT2D eigenvalue weighted by Crippen LogP contribution is 2.35. The molecule has 0 aliphatic carbocycles. The first kappa shape index (κ1) is 13.0. The lowest BCUT2D eigenvalue weighted by atomic mass is 10.1. The molecule has 0 fully saturated rings. The van der Waals surface area contributed by atoms with Crippen LogP contribution in [0.3, 0.4) is 0 Å². The van der Waals surface area contributed by atoms with Gasteiger partial charge in [-0.1, -0.05) is 15.9 Å². The van der Waals surface area contributed by atoms with Crippen LogP contribution >= 0.6 is 38.5 Å². The minimum atomic E-state index is -4.43. The third-order valence-electron chi connectivity index (χ3n) is 1.74. The number of alkyl halides is 3. The average Bonchev–Trinajstić information content (AvgIpc) is 2.00. The molecule has 0 aliphatic heterocycles. The van der Waals surface area contributed by atoms with Crippen molar-refractivity contribution in [2.24, 2.45) is 0 Å². The van der Waals surface area contributed by atoms with Crippen LogP contribution in [0.2, 0.25) is 0 Å². The minimum absolute atomic E-state index is 0.0442. The van der Waals surface area contributed by atoms with Crippen molar-refractivity contribution >= 4 is 44.3 Å². The zero-order valence-corrected chi connectivity index (χ0v) is 11.2. The summed E-state index contributed by atoms with van der Waals surface area (Å²) in [4.78, 5) is 11.1. The smallest absolute Gasteiger partial charge is 0.294 e. The van der Waals surface area contributed by atoms with Crippen LogP contribution in [0.25, 0.3) is 0 Å². The maximum absolute atomic E-state index is 12.5. The Morgan fingerprint density at radius 1 is 1.40 bits per heavy atom. The Kier molecular flexibility index (Phi) is 3.80. The summed E-state index contributed by atoms with van der Waals surface area (Å²) in [6.45, 7) is 1.23. The van der Waals surface area contributed by atoms with E-state index in [9.17, 15) is 18.0 Å². The summed E-state index contributed by atoms with van der Waals surface area (Å²) in [5.74, 6) is -0.399. The van der Waals surface area contributed by atoms with Crippen molar-refractivity contribution in [1.82, 2.24) is 0 Å². The number of halogens is 5. The predicted octanol–water partition coefficient (Wildman–Crippen LogP) is 4.28. The van der Waals surface area contributed by atoms with E-state index in [1.54, 1.807) is 22.6 Å². The third kappa shape index (κ3) is 2.93. The van der Waals surface area contributed by atoms with Crippen LogP contribution < -0.4 is 0 Å². The number of Topliss-reactive ketones (excluding diaryl/α,β-unsaturated/α-hetero) is 1. The molecule has 0 N–H and O–H groups in total. The maximum atomic E-state index is 12.5. The van der Waals surface area contributed by atoms with Crippen LogP contribution in [0.1, 0.15) is 22.8 Å². The molecule has 0 heterocycles. The third-order valence-corrected chi connectivity index (χ3v) is 3.29. The van der Waals surface area contributed by atoms with Gasteiger partial charge in [-0.25, -0.2) is 0 Å². The van der Waals surface area contributed by atoms with E-state index in [0.717, 1.165) is 6.07 Å². The molecule has 0 saturated carbocycles. The fourth-order valence-corrected chi connectivity index (χ4v) is 2.86. The molecule has 1 nitrogen and oxygen atoms in total. The number of carbonyl (C=O) groups is 1. The second-order valence-electron chi connectivity index (χ2n) is 2.87. The lowest BCUT2D eigenvalue weighted by molar-refractivity contribution is -0.138. The van der Waals surface area contributed by atoms with E-state index in [2.05, 4.69) is 15.9 Å². The van der Waals surface area contributed by atoms with Gasteiger partial charge in [0.2, 0.25) is 0 Å². The summed E-state index contributed by atoms with van der Waals surface area (Å²) < 4.78 is 37.9. The molecule has 0 aliphatic rings. The van der Waals surface area contributed by atoms with Crippen LogP contribution in [0.15, 0.2) is 16.6 Å².